The van der Waals surface area contributed by atoms with Crippen molar-refractivity contribution in [3.63, 3.8) is 0 Å². The third-order valence-electron chi connectivity index (χ3n) is 10.1. The standard InChI is InChI=1S/C14H21FO3Si.C14H19FO3Si.C10H9FO4.CH5P.CH4/c2*1-14(2,3)19(4,5)18-11-7-6-10(15)9-8-17-13(16)12(9)11;1-13-5-15-8-3-2-7(11)6-4-14-10(12)9(6)8;1-2;/h6-7,13,16H,8H2,1-5H3;6-7H,8H2,1-5H3;2-3H,4-5H2,1H3;2H2,1H3;1H4/i;;;2D;. The average molecular weight is 844 g/mol. The number of esters is 2. The van der Waals surface area contributed by atoms with Gasteiger partial charge in [-0.3, -0.25) is 0 Å². The van der Waals surface area contributed by atoms with Gasteiger partial charge in [0.15, 0.2) is 13.1 Å². The van der Waals surface area contributed by atoms with Crippen LogP contribution in [0, 0.1) is 17.5 Å². The molecule has 3 aliphatic rings. The van der Waals surface area contributed by atoms with Gasteiger partial charge >= 0.3 is 11.9 Å². The molecular formula is C40H58F3O10PSi2. The van der Waals surface area contributed by atoms with Gasteiger partial charge < -0.3 is 37.6 Å². The molecule has 0 saturated carbocycles. The molecule has 0 saturated heterocycles. The number of aliphatic hydroxyl groups excluding tert-OH is 1. The molecule has 0 aromatic heterocycles. The van der Waals surface area contributed by atoms with Crippen LogP contribution in [0.5, 0.6) is 17.2 Å². The molecule has 0 aliphatic carbocycles. The fraction of sp³-hybridized carbons (Fsp3) is 0.500. The molecule has 0 amide bonds. The van der Waals surface area contributed by atoms with E-state index in [-0.39, 0.29) is 72.4 Å². The number of benzene rings is 3. The number of hydrogen-bond acceptors (Lipinski definition) is 10. The predicted octanol–water partition coefficient (Wildman–Crippen LogP) is 10.2. The molecule has 0 fully saturated rings. The van der Waals surface area contributed by atoms with Gasteiger partial charge in [0, 0.05) is 23.8 Å². The Balaban J connectivity index is 0.000000284. The van der Waals surface area contributed by atoms with Gasteiger partial charge in [-0.15, -0.1) is 9.18 Å². The second-order valence-electron chi connectivity index (χ2n) is 15.8. The average Bonchev–Trinajstić information content (AvgIpc) is 3.81. The molecule has 16 heteroatoms. The van der Waals surface area contributed by atoms with Crippen molar-refractivity contribution in [2.24, 2.45) is 0 Å². The summed E-state index contributed by atoms with van der Waals surface area (Å²) in [6, 6.07) is 8.46. The van der Waals surface area contributed by atoms with E-state index >= 15 is 0 Å². The summed E-state index contributed by atoms with van der Waals surface area (Å²) in [5.41, 5.74) is 1.82. The fourth-order valence-corrected chi connectivity index (χ4v) is 6.96. The highest BCUT2D eigenvalue weighted by Crippen LogP contribution is 2.43. The molecule has 2 unspecified atom stereocenters. The van der Waals surface area contributed by atoms with Crippen LogP contribution in [0.4, 0.5) is 13.2 Å². The van der Waals surface area contributed by atoms with E-state index in [2.05, 4.69) is 67.7 Å². The van der Waals surface area contributed by atoms with Crippen LogP contribution in [0.2, 0.25) is 36.3 Å². The summed E-state index contributed by atoms with van der Waals surface area (Å²) in [4.78, 5) is 23.0. The SMILES string of the molecule is C.CC(C)(C)[Si](C)(C)Oc1ccc(F)c2c1C(=O)OC2.CC(C)(C)[Si](C)(C)Oc1ccc(F)c2c1C(O)OC2.COCOc1ccc(F)c2c1C(=O)OC2.[2H]PC. The van der Waals surface area contributed by atoms with Gasteiger partial charge in [0.05, 0.1) is 13.4 Å². The van der Waals surface area contributed by atoms with Crippen LogP contribution in [0.25, 0.3) is 0 Å². The first-order valence-electron chi connectivity index (χ1n) is 18.1. The number of rotatable bonds is 7. The Morgan fingerprint density at radius 1 is 0.750 bits per heavy atom. The van der Waals surface area contributed by atoms with Crippen LogP contribution in [0.3, 0.4) is 0 Å². The first-order valence-corrected chi connectivity index (χ1v) is 24.4. The van der Waals surface area contributed by atoms with Crippen molar-refractivity contribution in [1.82, 2.24) is 0 Å². The van der Waals surface area contributed by atoms with Gasteiger partial charge in [-0.2, -0.15) is 0 Å². The highest BCUT2D eigenvalue weighted by Gasteiger charge is 2.42. The van der Waals surface area contributed by atoms with E-state index in [9.17, 15) is 27.9 Å². The molecule has 3 heterocycles. The van der Waals surface area contributed by atoms with E-state index in [0.29, 0.717) is 37.4 Å². The van der Waals surface area contributed by atoms with E-state index < -0.39 is 46.5 Å². The summed E-state index contributed by atoms with van der Waals surface area (Å²) in [6.07, 6.45) is -1.09. The number of cyclic esters (lactones) is 2. The minimum atomic E-state index is -2.07. The summed E-state index contributed by atoms with van der Waals surface area (Å²) in [7, 11) is -2.30. The Kier molecular flexibility index (Phi) is 16.2. The van der Waals surface area contributed by atoms with Crippen molar-refractivity contribution >= 4 is 37.8 Å². The highest BCUT2D eigenvalue weighted by atomic mass is 31.0. The molecule has 0 radical (unpaired) electrons. The molecular weight excluding hydrogens is 785 g/mol. The number of methoxy groups -OCH3 is 1. The number of ether oxygens (including phenoxy) is 5. The zero-order valence-electron chi connectivity index (χ0n) is 34.6. The van der Waals surface area contributed by atoms with Crippen molar-refractivity contribution < 1.29 is 60.4 Å². The summed E-state index contributed by atoms with van der Waals surface area (Å²) in [5, 5.41) is 9.88. The molecule has 3 aliphatic heterocycles. The second-order valence-corrected chi connectivity index (χ2v) is 25.3. The lowest BCUT2D eigenvalue weighted by Crippen LogP contribution is -2.44. The Morgan fingerprint density at radius 2 is 1.14 bits per heavy atom. The quantitative estimate of drug-likeness (QED) is 0.107. The third kappa shape index (κ3) is 10.9. The van der Waals surface area contributed by atoms with Gasteiger partial charge in [0.25, 0.3) is 8.32 Å². The maximum Gasteiger partial charge on any atom is 0.342 e. The van der Waals surface area contributed by atoms with Gasteiger partial charge in [0.1, 0.15) is 59.0 Å². The molecule has 3 aromatic rings. The molecule has 312 valence electrons. The maximum atomic E-state index is 13.7. The van der Waals surface area contributed by atoms with Crippen molar-refractivity contribution in [3.8, 4) is 17.2 Å². The molecule has 56 heavy (non-hydrogen) atoms. The third-order valence-corrected chi connectivity index (χ3v) is 18.8. The van der Waals surface area contributed by atoms with Crippen molar-refractivity contribution in [2.75, 3.05) is 20.6 Å². The zero-order valence-corrected chi connectivity index (χ0v) is 36.6. The summed E-state index contributed by atoms with van der Waals surface area (Å²) >= 11 is 0. The predicted molar refractivity (Wildman–Crippen MR) is 218 cm³/mol. The lowest BCUT2D eigenvalue weighted by molar-refractivity contribution is -0.0925. The number of fused-ring (bicyclic) bond motifs is 3. The molecule has 2 atom stereocenters. The maximum absolute atomic E-state index is 13.7. The van der Waals surface area contributed by atoms with Crippen LogP contribution in [-0.4, -0.2) is 55.5 Å². The topological polar surface area (TPSA) is 119 Å². The molecule has 3 aromatic carbocycles. The monoisotopic (exact) mass is 843 g/mol. The van der Waals surface area contributed by atoms with E-state index in [4.69, 9.17) is 33.8 Å². The van der Waals surface area contributed by atoms with E-state index in [0.717, 1.165) is 0 Å². The summed E-state index contributed by atoms with van der Waals surface area (Å²) < 4.78 is 83.6. The lowest BCUT2D eigenvalue weighted by Gasteiger charge is -2.37. The number of halogens is 3. The van der Waals surface area contributed by atoms with E-state index in [1.165, 1.54) is 37.4 Å². The minimum absolute atomic E-state index is 0. The Hall–Kier alpha value is -3.47. The minimum Gasteiger partial charge on any atom is -0.543 e. The van der Waals surface area contributed by atoms with E-state index in [1.807, 2.05) is 6.66 Å². The van der Waals surface area contributed by atoms with Crippen LogP contribution >= 0.6 is 9.18 Å². The van der Waals surface area contributed by atoms with Crippen molar-refractivity contribution in [1.29, 1.82) is 1.28 Å². The Bertz CT molecular complexity index is 1880. The Labute approximate surface area is 335 Å². The molecule has 0 spiro atoms. The van der Waals surface area contributed by atoms with Crippen molar-refractivity contribution in [3.05, 3.63) is 87.2 Å². The molecule has 6 rings (SSSR count). The van der Waals surface area contributed by atoms with Gasteiger partial charge in [0.2, 0.25) is 8.32 Å². The van der Waals surface area contributed by atoms with Gasteiger partial charge in [-0.1, -0.05) is 55.6 Å². The first-order chi connectivity index (χ1) is 25.9. The number of hydrogen-bond donors (Lipinski definition) is 1. The van der Waals surface area contributed by atoms with Crippen LogP contribution in [0.15, 0.2) is 36.4 Å². The van der Waals surface area contributed by atoms with Crippen LogP contribution in [0.1, 0.15) is 98.2 Å². The fourth-order valence-electron chi connectivity index (χ4n) is 4.90. The highest BCUT2D eigenvalue weighted by molar-refractivity contribution is 7.15. The summed E-state index contributed by atoms with van der Waals surface area (Å²) in [6.45, 7) is 23.0. The van der Waals surface area contributed by atoms with Gasteiger partial charge in [-0.25, -0.2) is 22.8 Å². The number of carbonyl (C=O) groups excluding carboxylic acids is 2. The molecule has 10 nitrogen and oxygen atoms in total. The number of aliphatic hydroxyl groups is 1. The first kappa shape index (κ1) is 46.9. The van der Waals surface area contributed by atoms with Crippen LogP contribution < -0.4 is 13.6 Å². The van der Waals surface area contributed by atoms with E-state index in [1.54, 1.807) is 6.07 Å². The summed E-state index contributed by atoms with van der Waals surface area (Å²) in [5.74, 6) is -0.994. The molecule has 0 bridgehead atoms. The number of carbonyl (C=O) groups is 2. The Morgan fingerprint density at radius 3 is 1.59 bits per heavy atom. The van der Waals surface area contributed by atoms with Crippen LogP contribution in [-0.2, 0) is 38.8 Å². The smallest absolute Gasteiger partial charge is 0.342 e. The zero-order chi connectivity index (χ0) is 42.4. The second kappa shape index (κ2) is 19.3. The largest absolute Gasteiger partial charge is 0.543 e. The molecule has 1 N–H and O–H groups in total. The van der Waals surface area contributed by atoms with Gasteiger partial charge in [-0.05, 0) is 72.7 Å². The van der Waals surface area contributed by atoms with Crippen molar-refractivity contribution in [2.45, 2.75) is 111 Å². The lowest BCUT2D eigenvalue weighted by atomic mass is 10.1. The normalized spacial score (nSPS) is 15.9.